The van der Waals surface area contributed by atoms with Crippen molar-refractivity contribution in [2.75, 3.05) is 13.7 Å². The lowest BCUT2D eigenvalue weighted by Gasteiger charge is -2.19. The van der Waals surface area contributed by atoms with E-state index in [0.29, 0.717) is 5.56 Å². The van der Waals surface area contributed by atoms with Gasteiger partial charge in [0.15, 0.2) is 0 Å². The molecule has 0 saturated heterocycles. The number of benzene rings is 1. The number of carbonyl (C=O) groups is 1. The van der Waals surface area contributed by atoms with Gasteiger partial charge in [0, 0.05) is 12.6 Å². The smallest absolute Gasteiger partial charge is 0.309 e. The van der Waals surface area contributed by atoms with Gasteiger partial charge < -0.3 is 9.84 Å². The summed E-state index contributed by atoms with van der Waals surface area (Å²) in [5, 5.41) is 9.04. The van der Waals surface area contributed by atoms with Crippen molar-refractivity contribution in [3.8, 4) is 0 Å². The lowest BCUT2D eigenvalue weighted by Crippen LogP contribution is -2.38. The fourth-order valence-electron chi connectivity index (χ4n) is 1.61. The minimum absolute atomic E-state index is 0.0955. The van der Waals surface area contributed by atoms with Gasteiger partial charge in [-0.05, 0) is 30.5 Å². The summed E-state index contributed by atoms with van der Waals surface area (Å²) in [5.41, 5.74) is 0.678. The normalized spacial score (nSPS) is 14.5. The monoisotopic (exact) mass is 315 g/mol. The van der Waals surface area contributed by atoms with E-state index in [0.717, 1.165) is 0 Å². The van der Waals surface area contributed by atoms with Crippen LogP contribution in [0.5, 0.6) is 0 Å². The molecule has 0 aliphatic rings. The number of rotatable bonds is 7. The highest BCUT2D eigenvalue weighted by Gasteiger charge is 2.20. The van der Waals surface area contributed by atoms with Gasteiger partial charge in [-0.25, -0.2) is 13.1 Å². The van der Waals surface area contributed by atoms with E-state index in [-0.39, 0.29) is 35.9 Å². The quantitative estimate of drug-likeness (QED) is 0.723. The zero-order chi connectivity index (χ0) is 16.0. The average Bonchev–Trinajstić information content (AvgIpc) is 2.46. The molecule has 1 aromatic carbocycles. The lowest BCUT2D eigenvalue weighted by atomic mass is 10.1. The summed E-state index contributed by atoms with van der Waals surface area (Å²) < 4.78 is 31.4. The van der Waals surface area contributed by atoms with Crippen molar-refractivity contribution < 1.29 is 23.1 Å². The lowest BCUT2D eigenvalue weighted by molar-refractivity contribution is -0.139. The Morgan fingerprint density at radius 2 is 1.86 bits per heavy atom. The van der Waals surface area contributed by atoms with E-state index >= 15 is 0 Å². The van der Waals surface area contributed by atoms with Crippen LogP contribution in [0.25, 0.3) is 0 Å². The number of methoxy groups -OCH3 is 1. The third-order valence-electron chi connectivity index (χ3n) is 3.29. The van der Waals surface area contributed by atoms with Crippen LogP contribution in [-0.4, -0.2) is 39.3 Å². The van der Waals surface area contributed by atoms with E-state index in [1.54, 1.807) is 26.0 Å². The maximum Gasteiger partial charge on any atom is 0.309 e. The van der Waals surface area contributed by atoms with Crippen molar-refractivity contribution in [1.82, 2.24) is 4.72 Å². The standard InChI is InChI=1S/C14H21NO5S/c1-10(9-16)11(2)15-21(18,19)13-6-4-12(5-7-13)8-14(17)20-3/h4-7,10-11,15-16H,8-9H2,1-3H3. The first kappa shape index (κ1) is 17.6. The van der Waals surface area contributed by atoms with Crippen LogP contribution in [0.2, 0.25) is 0 Å². The highest BCUT2D eigenvalue weighted by Crippen LogP contribution is 2.13. The minimum Gasteiger partial charge on any atom is -0.469 e. The molecule has 0 aliphatic heterocycles. The van der Waals surface area contributed by atoms with Crippen LogP contribution in [0, 0.1) is 5.92 Å². The molecule has 21 heavy (non-hydrogen) atoms. The molecule has 118 valence electrons. The van der Waals surface area contributed by atoms with Crippen LogP contribution in [0.4, 0.5) is 0 Å². The summed E-state index contributed by atoms with van der Waals surface area (Å²) in [6, 6.07) is 5.65. The van der Waals surface area contributed by atoms with Crippen molar-refractivity contribution in [3.63, 3.8) is 0 Å². The molecular formula is C14H21NO5S. The maximum atomic E-state index is 12.2. The number of ether oxygens (including phenoxy) is 1. The summed E-state index contributed by atoms with van der Waals surface area (Å²) in [6.07, 6.45) is 0.0994. The number of hydrogen-bond acceptors (Lipinski definition) is 5. The van der Waals surface area contributed by atoms with Crippen molar-refractivity contribution in [1.29, 1.82) is 0 Å². The molecule has 0 fully saturated rings. The fraction of sp³-hybridized carbons (Fsp3) is 0.500. The van der Waals surface area contributed by atoms with Crippen LogP contribution in [0.3, 0.4) is 0 Å². The number of nitrogens with one attached hydrogen (secondary N) is 1. The van der Waals surface area contributed by atoms with E-state index in [2.05, 4.69) is 9.46 Å². The van der Waals surface area contributed by atoms with Gasteiger partial charge in [-0.1, -0.05) is 19.1 Å². The Morgan fingerprint density at radius 1 is 1.29 bits per heavy atom. The van der Waals surface area contributed by atoms with E-state index in [1.165, 1.54) is 19.2 Å². The van der Waals surface area contributed by atoms with E-state index in [4.69, 9.17) is 5.11 Å². The molecule has 0 spiro atoms. The zero-order valence-electron chi connectivity index (χ0n) is 12.4. The Labute approximate surface area is 125 Å². The first-order chi connectivity index (χ1) is 9.80. The number of hydrogen-bond donors (Lipinski definition) is 2. The molecule has 1 aromatic rings. The second kappa shape index (κ2) is 7.53. The third kappa shape index (κ3) is 5.11. The molecule has 2 atom stereocenters. The molecule has 2 N–H and O–H groups in total. The molecule has 7 heteroatoms. The van der Waals surface area contributed by atoms with Crippen molar-refractivity contribution in [2.24, 2.45) is 5.92 Å². The van der Waals surface area contributed by atoms with Gasteiger partial charge in [0.2, 0.25) is 10.0 Å². The van der Waals surface area contributed by atoms with Gasteiger partial charge in [-0.3, -0.25) is 4.79 Å². The van der Waals surface area contributed by atoms with E-state index in [9.17, 15) is 13.2 Å². The highest BCUT2D eigenvalue weighted by molar-refractivity contribution is 7.89. The molecule has 0 bridgehead atoms. The van der Waals surface area contributed by atoms with Gasteiger partial charge in [-0.15, -0.1) is 0 Å². The fourth-order valence-corrected chi connectivity index (χ4v) is 2.96. The van der Waals surface area contributed by atoms with Crippen molar-refractivity contribution in [3.05, 3.63) is 29.8 Å². The first-order valence-electron chi connectivity index (χ1n) is 6.59. The molecule has 6 nitrogen and oxygen atoms in total. The number of sulfonamides is 1. The Morgan fingerprint density at radius 3 is 2.33 bits per heavy atom. The molecular weight excluding hydrogens is 294 g/mol. The van der Waals surface area contributed by atoms with Crippen molar-refractivity contribution >= 4 is 16.0 Å². The summed E-state index contributed by atoms with van der Waals surface area (Å²) >= 11 is 0. The van der Waals surface area contributed by atoms with E-state index in [1.807, 2.05) is 0 Å². The number of esters is 1. The van der Waals surface area contributed by atoms with Gasteiger partial charge >= 0.3 is 5.97 Å². The predicted octanol–water partition coefficient (Wildman–Crippen LogP) is 0.697. The predicted molar refractivity (Wildman–Crippen MR) is 78.2 cm³/mol. The van der Waals surface area contributed by atoms with Gasteiger partial charge in [-0.2, -0.15) is 0 Å². The number of aliphatic hydroxyl groups is 1. The molecule has 0 saturated carbocycles. The molecule has 0 aromatic heterocycles. The zero-order valence-corrected chi connectivity index (χ0v) is 13.2. The molecule has 2 unspecified atom stereocenters. The average molecular weight is 315 g/mol. The summed E-state index contributed by atoms with van der Waals surface area (Å²) in [7, 11) is -2.34. The van der Waals surface area contributed by atoms with Crippen LogP contribution in [-0.2, 0) is 26.0 Å². The Kier molecular flexibility index (Phi) is 6.32. The van der Waals surface area contributed by atoms with Crippen LogP contribution < -0.4 is 4.72 Å². The second-order valence-corrected chi connectivity index (χ2v) is 6.68. The van der Waals surface area contributed by atoms with Gasteiger partial charge in [0.25, 0.3) is 0 Å². The molecule has 0 aliphatic carbocycles. The van der Waals surface area contributed by atoms with Crippen molar-refractivity contribution in [2.45, 2.75) is 31.2 Å². The van der Waals surface area contributed by atoms with Crippen LogP contribution in [0.1, 0.15) is 19.4 Å². The SMILES string of the molecule is COC(=O)Cc1ccc(S(=O)(=O)NC(C)C(C)CO)cc1. The van der Waals surface area contributed by atoms with Gasteiger partial charge in [0.05, 0.1) is 18.4 Å². The third-order valence-corrected chi connectivity index (χ3v) is 4.87. The molecule has 0 radical (unpaired) electrons. The van der Waals surface area contributed by atoms with Crippen LogP contribution in [0.15, 0.2) is 29.2 Å². The summed E-state index contributed by atoms with van der Waals surface area (Å²) in [4.78, 5) is 11.3. The summed E-state index contributed by atoms with van der Waals surface area (Å²) in [5.74, 6) is -0.563. The van der Waals surface area contributed by atoms with Gasteiger partial charge in [0.1, 0.15) is 0 Å². The second-order valence-electron chi connectivity index (χ2n) is 4.97. The summed E-state index contributed by atoms with van der Waals surface area (Å²) in [6.45, 7) is 3.36. The molecule has 0 amide bonds. The maximum absolute atomic E-state index is 12.2. The first-order valence-corrected chi connectivity index (χ1v) is 8.07. The Bertz CT molecular complexity index is 568. The topological polar surface area (TPSA) is 92.7 Å². The Hall–Kier alpha value is -1.44. The number of aliphatic hydroxyl groups excluding tert-OH is 1. The number of carbonyl (C=O) groups excluding carboxylic acids is 1. The van der Waals surface area contributed by atoms with Crippen LogP contribution >= 0.6 is 0 Å². The van der Waals surface area contributed by atoms with E-state index < -0.39 is 10.0 Å². The highest BCUT2D eigenvalue weighted by atomic mass is 32.2. The molecule has 0 heterocycles. The largest absolute Gasteiger partial charge is 0.469 e. The Balaban J connectivity index is 2.82. The molecule has 1 rings (SSSR count). The minimum atomic E-state index is -3.64.